The van der Waals surface area contributed by atoms with Gasteiger partial charge in [0, 0.05) is 14.1 Å². The SMILES string of the molecule is Cc1ccc(OC[C@@H](O)Cn2c(=S)[nH]c3c2c(=O)n(C)c(=O)n3C)cc1. The average Bonchev–Trinajstić information content (AvgIpc) is 2.94. The number of aryl methyl sites for hydroxylation is 2. The monoisotopic (exact) mass is 376 g/mol. The third-order valence-electron chi connectivity index (χ3n) is 4.24. The van der Waals surface area contributed by atoms with Gasteiger partial charge in [0.15, 0.2) is 10.3 Å². The normalized spacial score (nSPS) is 12.5. The summed E-state index contributed by atoms with van der Waals surface area (Å²) in [6, 6.07) is 7.49. The lowest BCUT2D eigenvalue weighted by Gasteiger charge is -2.14. The van der Waals surface area contributed by atoms with Crippen molar-refractivity contribution >= 4 is 23.4 Å². The number of fused-ring (bicyclic) bond motifs is 1. The van der Waals surface area contributed by atoms with E-state index in [1.54, 1.807) is 7.05 Å². The summed E-state index contributed by atoms with van der Waals surface area (Å²) in [4.78, 5) is 27.4. The molecule has 3 rings (SSSR count). The Hall–Kier alpha value is -2.65. The van der Waals surface area contributed by atoms with Crippen molar-refractivity contribution in [1.82, 2.24) is 18.7 Å². The number of aromatic nitrogens is 4. The molecule has 8 nitrogen and oxygen atoms in total. The number of imidazole rings is 1. The van der Waals surface area contributed by atoms with E-state index in [2.05, 4.69) is 4.98 Å². The van der Waals surface area contributed by atoms with Crippen molar-refractivity contribution in [2.24, 2.45) is 14.1 Å². The van der Waals surface area contributed by atoms with Crippen molar-refractivity contribution < 1.29 is 9.84 Å². The lowest BCUT2D eigenvalue weighted by molar-refractivity contribution is 0.0930. The summed E-state index contributed by atoms with van der Waals surface area (Å²) in [6.45, 7) is 2.09. The highest BCUT2D eigenvalue weighted by Gasteiger charge is 2.17. The van der Waals surface area contributed by atoms with Gasteiger partial charge in [-0.25, -0.2) is 4.79 Å². The standard InChI is InChI=1S/C17H20N4O4S/c1-10-4-6-12(7-5-10)25-9-11(22)8-21-13-14(18-16(21)26)19(2)17(24)20(3)15(13)23/h4-7,11,22H,8-9H2,1-3H3,(H,18,26)/t11-/m0/s1. The highest BCUT2D eigenvalue weighted by Crippen LogP contribution is 2.13. The van der Waals surface area contributed by atoms with Gasteiger partial charge < -0.3 is 19.4 Å². The molecule has 0 fully saturated rings. The minimum Gasteiger partial charge on any atom is -0.491 e. The van der Waals surface area contributed by atoms with E-state index in [-0.39, 0.29) is 23.4 Å². The molecule has 0 aliphatic heterocycles. The zero-order valence-corrected chi connectivity index (χ0v) is 15.5. The molecule has 1 aromatic carbocycles. The van der Waals surface area contributed by atoms with Crippen molar-refractivity contribution in [2.75, 3.05) is 6.61 Å². The Balaban J connectivity index is 1.88. The zero-order valence-electron chi connectivity index (χ0n) is 14.7. The maximum absolute atomic E-state index is 12.5. The number of rotatable bonds is 5. The zero-order chi connectivity index (χ0) is 19.0. The van der Waals surface area contributed by atoms with E-state index >= 15 is 0 Å². The van der Waals surface area contributed by atoms with Crippen LogP contribution in [-0.4, -0.2) is 36.5 Å². The van der Waals surface area contributed by atoms with Gasteiger partial charge in [0.1, 0.15) is 24.1 Å². The van der Waals surface area contributed by atoms with Crippen molar-refractivity contribution in [3.63, 3.8) is 0 Å². The molecule has 0 bridgehead atoms. The third-order valence-corrected chi connectivity index (χ3v) is 4.56. The maximum Gasteiger partial charge on any atom is 0.332 e. The van der Waals surface area contributed by atoms with Crippen LogP contribution in [0.3, 0.4) is 0 Å². The van der Waals surface area contributed by atoms with Crippen molar-refractivity contribution in [3.8, 4) is 5.75 Å². The van der Waals surface area contributed by atoms with Gasteiger partial charge in [0.2, 0.25) is 0 Å². The molecule has 26 heavy (non-hydrogen) atoms. The fraction of sp³-hybridized carbons (Fsp3) is 0.353. The van der Waals surface area contributed by atoms with Crippen LogP contribution in [0.4, 0.5) is 0 Å². The number of H-pyrrole nitrogens is 1. The molecule has 2 N–H and O–H groups in total. The first kappa shape index (κ1) is 18.2. The van der Waals surface area contributed by atoms with Gasteiger partial charge in [0.05, 0.1) is 6.54 Å². The Morgan fingerprint density at radius 2 is 1.85 bits per heavy atom. The van der Waals surface area contributed by atoms with Crippen LogP contribution in [0.25, 0.3) is 11.2 Å². The van der Waals surface area contributed by atoms with Gasteiger partial charge in [-0.2, -0.15) is 0 Å². The van der Waals surface area contributed by atoms with Crippen LogP contribution in [0.2, 0.25) is 0 Å². The van der Waals surface area contributed by atoms with Crippen LogP contribution < -0.4 is 16.0 Å². The van der Waals surface area contributed by atoms with E-state index in [0.717, 1.165) is 10.1 Å². The molecular weight excluding hydrogens is 356 g/mol. The first-order valence-electron chi connectivity index (χ1n) is 8.05. The summed E-state index contributed by atoms with van der Waals surface area (Å²) in [5, 5.41) is 10.3. The van der Waals surface area contributed by atoms with Crippen LogP contribution in [0.15, 0.2) is 33.9 Å². The largest absolute Gasteiger partial charge is 0.491 e. The summed E-state index contributed by atoms with van der Waals surface area (Å²) < 4.78 is 9.66. The van der Waals surface area contributed by atoms with Gasteiger partial charge in [-0.05, 0) is 31.3 Å². The lowest BCUT2D eigenvalue weighted by Crippen LogP contribution is -2.38. The van der Waals surface area contributed by atoms with E-state index in [9.17, 15) is 14.7 Å². The fourth-order valence-electron chi connectivity index (χ4n) is 2.75. The van der Waals surface area contributed by atoms with Crippen molar-refractivity contribution in [1.29, 1.82) is 0 Å². The first-order valence-corrected chi connectivity index (χ1v) is 8.46. The molecule has 0 amide bonds. The molecule has 2 aromatic heterocycles. The molecule has 0 spiro atoms. The number of ether oxygens (including phenoxy) is 1. The molecule has 138 valence electrons. The lowest BCUT2D eigenvalue weighted by atomic mass is 10.2. The smallest absolute Gasteiger partial charge is 0.332 e. The van der Waals surface area contributed by atoms with E-state index in [1.165, 1.54) is 16.2 Å². The van der Waals surface area contributed by atoms with E-state index in [4.69, 9.17) is 17.0 Å². The molecule has 0 aliphatic carbocycles. The average molecular weight is 376 g/mol. The van der Waals surface area contributed by atoms with Crippen LogP contribution in [0, 0.1) is 11.7 Å². The molecule has 3 aromatic rings. The molecule has 0 saturated heterocycles. The molecule has 0 saturated carbocycles. The van der Waals surface area contributed by atoms with Crippen LogP contribution >= 0.6 is 12.2 Å². The summed E-state index contributed by atoms with van der Waals surface area (Å²) in [5.74, 6) is 0.649. The second-order valence-electron chi connectivity index (χ2n) is 6.22. The summed E-state index contributed by atoms with van der Waals surface area (Å²) in [5.41, 5.74) is 0.768. The summed E-state index contributed by atoms with van der Waals surface area (Å²) in [7, 11) is 2.96. The third kappa shape index (κ3) is 3.23. The number of hydrogen-bond acceptors (Lipinski definition) is 5. The van der Waals surface area contributed by atoms with Crippen LogP contribution in [-0.2, 0) is 20.6 Å². The van der Waals surface area contributed by atoms with Crippen molar-refractivity contribution in [2.45, 2.75) is 19.6 Å². The first-order chi connectivity index (χ1) is 12.3. The van der Waals surface area contributed by atoms with Crippen LogP contribution in [0.1, 0.15) is 5.56 Å². The highest BCUT2D eigenvalue weighted by molar-refractivity contribution is 7.71. The fourth-order valence-corrected chi connectivity index (χ4v) is 3.01. The number of aromatic amines is 1. The quantitative estimate of drug-likeness (QED) is 0.644. The number of nitrogens with zero attached hydrogens (tertiary/aromatic N) is 3. The summed E-state index contributed by atoms with van der Waals surface area (Å²) >= 11 is 5.26. The topological polar surface area (TPSA) is 94.2 Å². The van der Waals surface area contributed by atoms with Gasteiger partial charge >= 0.3 is 5.69 Å². The second kappa shape index (κ2) is 6.93. The Labute approximate surface area is 153 Å². The maximum atomic E-state index is 12.5. The minimum atomic E-state index is -0.885. The molecule has 9 heteroatoms. The van der Waals surface area contributed by atoms with Crippen LogP contribution in [0.5, 0.6) is 5.75 Å². The Kier molecular flexibility index (Phi) is 4.84. The molecule has 0 radical (unpaired) electrons. The number of aliphatic hydroxyl groups is 1. The predicted molar refractivity (Wildman–Crippen MR) is 100 cm³/mol. The van der Waals surface area contributed by atoms with Crippen molar-refractivity contribution in [3.05, 3.63) is 55.4 Å². The minimum absolute atomic E-state index is 0.0452. The molecule has 0 aliphatic rings. The highest BCUT2D eigenvalue weighted by atomic mass is 32.1. The van der Waals surface area contributed by atoms with E-state index < -0.39 is 17.4 Å². The summed E-state index contributed by atoms with van der Waals surface area (Å²) in [6.07, 6.45) is -0.885. The van der Waals surface area contributed by atoms with Gasteiger partial charge in [0.25, 0.3) is 5.56 Å². The Bertz CT molecular complexity index is 1120. The van der Waals surface area contributed by atoms with E-state index in [0.29, 0.717) is 11.4 Å². The Morgan fingerprint density at radius 3 is 2.50 bits per heavy atom. The van der Waals surface area contributed by atoms with Gasteiger partial charge in [-0.15, -0.1) is 0 Å². The number of hydrogen-bond donors (Lipinski definition) is 2. The Morgan fingerprint density at radius 1 is 1.19 bits per heavy atom. The predicted octanol–water partition coefficient (Wildman–Crippen LogP) is 0.845. The van der Waals surface area contributed by atoms with Gasteiger partial charge in [-0.1, -0.05) is 17.7 Å². The number of aliphatic hydroxyl groups excluding tert-OH is 1. The van der Waals surface area contributed by atoms with E-state index in [1.807, 2.05) is 31.2 Å². The molecule has 1 atom stereocenters. The van der Waals surface area contributed by atoms with Gasteiger partial charge in [-0.3, -0.25) is 13.9 Å². The number of nitrogens with one attached hydrogen (secondary N) is 1. The molecule has 0 unspecified atom stereocenters. The molecular formula is C17H20N4O4S. The number of benzene rings is 1. The second-order valence-corrected chi connectivity index (χ2v) is 6.61. The molecule has 2 heterocycles.